The quantitative estimate of drug-likeness (QED) is 0.752. The van der Waals surface area contributed by atoms with E-state index in [0.717, 1.165) is 33.8 Å². The largest absolute Gasteiger partial charge is 0.373 e. The smallest absolute Gasteiger partial charge is 0.143 e. The average Bonchev–Trinajstić information content (AvgIpc) is 3.27. The number of rotatable bonds is 3. The molecule has 0 aromatic carbocycles. The monoisotopic (exact) mass is 340 g/mol. The number of aromatic nitrogens is 3. The second-order valence-electron chi connectivity index (χ2n) is 5.57. The van der Waals surface area contributed by atoms with Gasteiger partial charge in [-0.15, -0.1) is 11.3 Å². The van der Waals surface area contributed by atoms with Gasteiger partial charge in [0, 0.05) is 36.3 Å². The normalized spacial score (nSPS) is 18.0. The van der Waals surface area contributed by atoms with Crippen molar-refractivity contribution in [1.82, 2.24) is 15.0 Å². The van der Waals surface area contributed by atoms with Gasteiger partial charge in [0.25, 0.3) is 0 Å². The Labute approximate surface area is 142 Å². The predicted octanol–water partition coefficient (Wildman–Crippen LogP) is 1.72. The summed E-state index contributed by atoms with van der Waals surface area (Å²) >= 11 is 1.47. The molecule has 1 aliphatic heterocycles. The molecule has 1 unspecified atom stereocenters. The molecular formula is C16H16N6OS. The molecule has 0 bridgehead atoms. The van der Waals surface area contributed by atoms with Crippen LogP contribution in [0.1, 0.15) is 4.88 Å². The van der Waals surface area contributed by atoms with Gasteiger partial charge in [-0.05, 0) is 12.1 Å². The third kappa shape index (κ3) is 2.53. The number of aromatic amines is 1. The number of fused-ring (bicyclic) bond motifs is 1. The fraction of sp³-hybridized carbons (Fsp3) is 0.312. The van der Waals surface area contributed by atoms with Crippen LogP contribution in [0.3, 0.4) is 0 Å². The van der Waals surface area contributed by atoms with E-state index in [4.69, 9.17) is 15.7 Å². The molecule has 0 aliphatic carbocycles. The summed E-state index contributed by atoms with van der Waals surface area (Å²) in [4.78, 5) is 16.0. The summed E-state index contributed by atoms with van der Waals surface area (Å²) in [5.41, 5.74) is 7.56. The third-order valence-electron chi connectivity index (χ3n) is 4.13. The molecule has 0 radical (unpaired) electrons. The fourth-order valence-electron chi connectivity index (χ4n) is 2.98. The molecule has 0 spiro atoms. The Bertz CT molecular complexity index is 911. The van der Waals surface area contributed by atoms with Crippen LogP contribution in [0, 0.1) is 11.3 Å². The van der Waals surface area contributed by atoms with Gasteiger partial charge in [0.1, 0.15) is 28.7 Å². The molecule has 7 nitrogen and oxygen atoms in total. The lowest BCUT2D eigenvalue weighted by atomic mass is 10.1. The minimum Gasteiger partial charge on any atom is -0.373 e. The Balaban J connectivity index is 1.81. The number of thiophene rings is 1. The maximum absolute atomic E-state index is 9.07. The molecule has 4 heterocycles. The zero-order chi connectivity index (χ0) is 16.5. The van der Waals surface area contributed by atoms with Crippen LogP contribution in [-0.4, -0.2) is 47.3 Å². The molecule has 4 rings (SSSR count). The molecule has 0 amide bonds. The highest BCUT2D eigenvalue weighted by atomic mass is 32.1. The molecule has 3 aromatic heterocycles. The summed E-state index contributed by atoms with van der Waals surface area (Å²) in [5, 5.41) is 10.0. The maximum Gasteiger partial charge on any atom is 0.143 e. The number of nitrogens with zero attached hydrogens (tertiary/aromatic N) is 4. The lowest BCUT2D eigenvalue weighted by Crippen LogP contribution is -2.46. The number of morpholine rings is 1. The molecule has 1 fully saturated rings. The lowest BCUT2D eigenvalue weighted by molar-refractivity contribution is 0.0464. The number of nitrogens with one attached hydrogen (secondary N) is 1. The Hall–Kier alpha value is -2.47. The molecule has 3 N–H and O–H groups in total. The van der Waals surface area contributed by atoms with Crippen LogP contribution >= 0.6 is 11.3 Å². The van der Waals surface area contributed by atoms with Crippen LogP contribution in [-0.2, 0) is 4.74 Å². The maximum atomic E-state index is 9.07. The second-order valence-corrected chi connectivity index (χ2v) is 6.66. The summed E-state index contributed by atoms with van der Waals surface area (Å²) < 4.78 is 5.65. The highest BCUT2D eigenvalue weighted by Crippen LogP contribution is 2.37. The van der Waals surface area contributed by atoms with E-state index in [2.05, 4.69) is 25.9 Å². The minimum atomic E-state index is 0.0121. The van der Waals surface area contributed by atoms with E-state index in [-0.39, 0.29) is 6.10 Å². The van der Waals surface area contributed by atoms with Gasteiger partial charge in [-0.1, -0.05) is 0 Å². The third-order valence-corrected chi connectivity index (χ3v) is 5.16. The Morgan fingerprint density at radius 1 is 1.46 bits per heavy atom. The number of nitrogens with two attached hydrogens (primary N) is 1. The average molecular weight is 340 g/mol. The van der Waals surface area contributed by atoms with Crippen molar-refractivity contribution in [2.24, 2.45) is 5.73 Å². The zero-order valence-corrected chi connectivity index (χ0v) is 13.7. The molecular weight excluding hydrogens is 324 g/mol. The van der Waals surface area contributed by atoms with Gasteiger partial charge >= 0.3 is 0 Å². The van der Waals surface area contributed by atoms with E-state index in [1.165, 1.54) is 11.3 Å². The van der Waals surface area contributed by atoms with Gasteiger partial charge in [-0.25, -0.2) is 9.97 Å². The van der Waals surface area contributed by atoms with Gasteiger partial charge in [0.2, 0.25) is 0 Å². The summed E-state index contributed by atoms with van der Waals surface area (Å²) in [7, 11) is 0. The number of nitriles is 1. The zero-order valence-electron chi connectivity index (χ0n) is 12.9. The van der Waals surface area contributed by atoms with Gasteiger partial charge in [0.15, 0.2) is 0 Å². The van der Waals surface area contributed by atoms with Crippen LogP contribution in [0.2, 0.25) is 0 Å². The van der Waals surface area contributed by atoms with Crippen molar-refractivity contribution < 1.29 is 4.74 Å². The SMILES string of the molecule is N#Cc1ccc(-c2c[nH]c3ncnc(N4CCOC(CN)C4)c23)s1. The topological polar surface area (TPSA) is 104 Å². The van der Waals surface area contributed by atoms with E-state index in [0.29, 0.717) is 24.6 Å². The van der Waals surface area contributed by atoms with Crippen molar-refractivity contribution in [3.63, 3.8) is 0 Å². The summed E-state index contributed by atoms with van der Waals surface area (Å²) in [5.74, 6) is 0.880. The molecule has 0 saturated carbocycles. The lowest BCUT2D eigenvalue weighted by Gasteiger charge is -2.33. The first kappa shape index (κ1) is 15.1. The first-order chi connectivity index (χ1) is 11.8. The molecule has 24 heavy (non-hydrogen) atoms. The molecule has 3 aromatic rings. The Kier molecular flexibility index (Phi) is 3.90. The first-order valence-corrected chi connectivity index (χ1v) is 8.51. The number of ether oxygens (including phenoxy) is 1. The van der Waals surface area contributed by atoms with Crippen molar-refractivity contribution in [3.8, 4) is 16.5 Å². The van der Waals surface area contributed by atoms with Crippen molar-refractivity contribution in [1.29, 1.82) is 5.26 Å². The van der Waals surface area contributed by atoms with Gasteiger partial charge in [-0.3, -0.25) is 0 Å². The molecule has 1 saturated heterocycles. The Morgan fingerprint density at radius 2 is 2.38 bits per heavy atom. The van der Waals surface area contributed by atoms with Gasteiger partial charge in [0.05, 0.1) is 18.1 Å². The standard InChI is InChI=1S/C16H16N6OS/c17-5-10-8-22(3-4-23-10)16-14-12(7-19-15(14)20-9-21-16)13-2-1-11(6-18)24-13/h1-2,7,9-10H,3-5,8,17H2,(H,19,20,21). The van der Waals surface area contributed by atoms with E-state index in [9.17, 15) is 0 Å². The highest BCUT2D eigenvalue weighted by Gasteiger charge is 2.24. The number of H-pyrrole nitrogens is 1. The Morgan fingerprint density at radius 3 is 3.17 bits per heavy atom. The molecule has 1 atom stereocenters. The van der Waals surface area contributed by atoms with Crippen molar-refractivity contribution in [2.45, 2.75) is 6.10 Å². The van der Waals surface area contributed by atoms with Crippen molar-refractivity contribution in [3.05, 3.63) is 29.5 Å². The van der Waals surface area contributed by atoms with Crippen LogP contribution in [0.15, 0.2) is 24.7 Å². The second kappa shape index (κ2) is 6.20. The van der Waals surface area contributed by atoms with Crippen LogP contribution in [0.4, 0.5) is 5.82 Å². The van der Waals surface area contributed by atoms with E-state index < -0.39 is 0 Å². The summed E-state index contributed by atoms with van der Waals surface area (Å²) in [6.45, 7) is 2.59. The van der Waals surface area contributed by atoms with Crippen molar-refractivity contribution >= 4 is 28.2 Å². The van der Waals surface area contributed by atoms with Gasteiger partial charge in [-0.2, -0.15) is 5.26 Å². The van der Waals surface area contributed by atoms with Crippen LogP contribution < -0.4 is 10.6 Å². The molecule has 1 aliphatic rings. The molecule has 8 heteroatoms. The minimum absolute atomic E-state index is 0.0121. The predicted molar refractivity (Wildman–Crippen MR) is 92.9 cm³/mol. The highest BCUT2D eigenvalue weighted by molar-refractivity contribution is 7.16. The van der Waals surface area contributed by atoms with E-state index in [1.54, 1.807) is 6.33 Å². The van der Waals surface area contributed by atoms with Crippen LogP contribution in [0.5, 0.6) is 0 Å². The van der Waals surface area contributed by atoms with Crippen molar-refractivity contribution in [2.75, 3.05) is 31.1 Å². The fourth-order valence-corrected chi connectivity index (χ4v) is 3.80. The van der Waals surface area contributed by atoms with Crippen LogP contribution in [0.25, 0.3) is 21.5 Å². The summed E-state index contributed by atoms with van der Waals surface area (Å²) in [6, 6.07) is 5.98. The van der Waals surface area contributed by atoms with E-state index >= 15 is 0 Å². The van der Waals surface area contributed by atoms with E-state index in [1.807, 2.05) is 18.3 Å². The number of hydrogen-bond donors (Lipinski definition) is 2. The first-order valence-electron chi connectivity index (χ1n) is 7.69. The summed E-state index contributed by atoms with van der Waals surface area (Å²) in [6.07, 6.45) is 3.51. The molecule has 122 valence electrons. The number of anilines is 1. The number of hydrogen-bond acceptors (Lipinski definition) is 7. The van der Waals surface area contributed by atoms with Gasteiger partial charge < -0.3 is 20.4 Å².